The van der Waals surface area contributed by atoms with Crippen LogP contribution in [-0.2, 0) is 5.41 Å². The van der Waals surface area contributed by atoms with Gasteiger partial charge in [-0.15, -0.1) is 0 Å². The molecule has 3 aliphatic rings. The lowest BCUT2D eigenvalue weighted by molar-refractivity contribution is -0.104. The highest BCUT2D eigenvalue weighted by molar-refractivity contribution is 5.60. The number of hydrogen-bond acceptors (Lipinski definition) is 5. The molecule has 1 spiro atoms. The van der Waals surface area contributed by atoms with Crippen molar-refractivity contribution < 1.29 is 10.2 Å². The maximum absolute atomic E-state index is 10.7. The highest BCUT2D eigenvalue weighted by atomic mass is 16.3. The number of piperidine rings is 2. The molecule has 2 fully saturated rings. The normalized spacial score (nSPS) is 26.8. The quantitative estimate of drug-likeness (QED) is 0.663. The summed E-state index contributed by atoms with van der Waals surface area (Å²) in [4.78, 5) is 2.33. The summed E-state index contributed by atoms with van der Waals surface area (Å²) in [6, 6.07) is 8.66. The van der Waals surface area contributed by atoms with Gasteiger partial charge in [0.05, 0.1) is 11.7 Å². The van der Waals surface area contributed by atoms with Gasteiger partial charge in [0.1, 0.15) is 0 Å². The molecule has 1 aromatic rings. The van der Waals surface area contributed by atoms with E-state index in [0.717, 1.165) is 45.6 Å². The average Bonchev–Trinajstić information content (AvgIpc) is 2.97. The minimum absolute atomic E-state index is 0.254. The van der Waals surface area contributed by atoms with Gasteiger partial charge in [-0.3, -0.25) is 0 Å². The zero-order chi connectivity index (χ0) is 16.6. The molecule has 0 amide bonds. The Morgan fingerprint density at radius 3 is 2.54 bits per heavy atom. The van der Waals surface area contributed by atoms with E-state index in [0.29, 0.717) is 19.4 Å². The molecule has 5 heteroatoms. The van der Waals surface area contributed by atoms with Crippen molar-refractivity contribution in [1.82, 2.24) is 10.2 Å². The lowest BCUT2D eigenvalue weighted by Gasteiger charge is -2.43. The standard InChI is InChI=1S/C19H29N3O2/c23-17(19(24)5-9-20-10-6-19)13-22-11-7-18(8-12-22)14-21-16-4-2-1-3-15(16)18/h1-4,17,20-21,23-24H,5-14H2/t17-/m1/s1. The molecular weight excluding hydrogens is 302 g/mol. The minimum Gasteiger partial charge on any atom is -0.389 e. The number of nitrogens with zero attached hydrogens (tertiary/aromatic N) is 1. The van der Waals surface area contributed by atoms with E-state index in [1.54, 1.807) is 0 Å². The fraction of sp³-hybridized carbons (Fsp3) is 0.684. The summed E-state index contributed by atoms with van der Waals surface area (Å²) < 4.78 is 0. The first kappa shape index (κ1) is 16.3. The predicted molar refractivity (Wildman–Crippen MR) is 95.3 cm³/mol. The molecule has 1 aromatic carbocycles. The number of para-hydroxylation sites is 1. The first-order valence-electron chi connectivity index (χ1n) is 9.28. The van der Waals surface area contributed by atoms with Gasteiger partial charge in [0, 0.05) is 24.2 Å². The number of fused-ring (bicyclic) bond motifs is 2. The number of rotatable bonds is 3. The third-order valence-electron chi connectivity index (χ3n) is 6.45. The molecule has 0 bridgehead atoms. The van der Waals surface area contributed by atoms with E-state index in [1.165, 1.54) is 11.3 Å². The lowest BCUT2D eigenvalue weighted by Crippen LogP contribution is -2.55. The molecule has 1 atom stereocenters. The van der Waals surface area contributed by atoms with Gasteiger partial charge >= 0.3 is 0 Å². The molecule has 0 saturated carbocycles. The van der Waals surface area contributed by atoms with E-state index in [9.17, 15) is 10.2 Å². The number of nitrogens with one attached hydrogen (secondary N) is 2. The van der Waals surface area contributed by atoms with Crippen molar-refractivity contribution in [3.63, 3.8) is 0 Å². The highest BCUT2D eigenvalue weighted by Gasteiger charge is 2.43. The Morgan fingerprint density at radius 2 is 1.79 bits per heavy atom. The zero-order valence-electron chi connectivity index (χ0n) is 14.3. The van der Waals surface area contributed by atoms with Crippen molar-refractivity contribution in [3.8, 4) is 0 Å². The van der Waals surface area contributed by atoms with Crippen LogP contribution in [0.3, 0.4) is 0 Å². The number of hydrogen-bond donors (Lipinski definition) is 4. The van der Waals surface area contributed by atoms with Crippen LogP contribution in [0.25, 0.3) is 0 Å². The molecule has 132 valence electrons. The second kappa shape index (κ2) is 6.30. The molecule has 3 heterocycles. The van der Waals surface area contributed by atoms with Crippen LogP contribution in [0, 0.1) is 0 Å². The minimum atomic E-state index is -0.915. The summed E-state index contributed by atoms with van der Waals surface area (Å²) in [6.07, 6.45) is 2.86. The summed E-state index contributed by atoms with van der Waals surface area (Å²) in [5, 5.41) is 28.1. The zero-order valence-corrected chi connectivity index (χ0v) is 14.3. The van der Waals surface area contributed by atoms with Crippen molar-refractivity contribution >= 4 is 5.69 Å². The average molecular weight is 331 g/mol. The van der Waals surface area contributed by atoms with Crippen LogP contribution in [-0.4, -0.2) is 66.1 Å². The fourth-order valence-electron chi connectivity index (χ4n) is 4.68. The van der Waals surface area contributed by atoms with Gasteiger partial charge in [-0.1, -0.05) is 18.2 Å². The summed E-state index contributed by atoms with van der Waals surface area (Å²) in [6.45, 7) is 5.17. The molecule has 4 N–H and O–H groups in total. The van der Waals surface area contributed by atoms with E-state index < -0.39 is 11.7 Å². The number of aliphatic hydroxyl groups excluding tert-OH is 1. The third kappa shape index (κ3) is 2.84. The van der Waals surface area contributed by atoms with E-state index in [2.05, 4.69) is 39.8 Å². The lowest BCUT2D eigenvalue weighted by atomic mass is 9.74. The topological polar surface area (TPSA) is 67.8 Å². The van der Waals surface area contributed by atoms with Crippen molar-refractivity contribution in [2.75, 3.05) is 44.6 Å². The Balaban J connectivity index is 1.37. The number of anilines is 1. The van der Waals surface area contributed by atoms with Gasteiger partial charge in [-0.2, -0.15) is 0 Å². The van der Waals surface area contributed by atoms with Crippen LogP contribution in [0.5, 0.6) is 0 Å². The number of likely N-dealkylation sites (tertiary alicyclic amines) is 1. The van der Waals surface area contributed by atoms with Crippen molar-refractivity contribution in [2.24, 2.45) is 0 Å². The molecule has 4 rings (SSSR count). The maximum atomic E-state index is 10.7. The first-order chi connectivity index (χ1) is 11.6. The summed E-state index contributed by atoms with van der Waals surface area (Å²) in [5.41, 5.74) is 2.09. The maximum Gasteiger partial charge on any atom is 0.0954 e. The summed E-state index contributed by atoms with van der Waals surface area (Å²) >= 11 is 0. The largest absolute Gasteiger partial charge is 0.389 e. The number of β-amino-alcohol motifs (C(OH)–C–C–N with tert-alkyl or cyclic N) is 1. The number of benzene rings is 1. The van der Waals surface area contributed by atoms with Gasteiger partial charge in [-0.25, -0.2) is 0 Å². The molecule has 0 radical (unpaired) electrons. The summed E-state index contributed by atoms with van der Waals surface area (Å²) in [5.74, 6) is 0. The van der Waals surface area contributed by atoms with E-state index in [-0.39, 0.29) is 5.41 Å². The Morgan fingerprint density at radius 1 is 1.08 bits per heavy atom. The Labute approximate surface area is 144 Å². The van der Waals surface area contributed by atoms with Gasteiger partial charge in [-0.05, 0) is 63.5 Å². The monoisotopic (exact) mass is 331 g/mol. The molecule has 0 unspecified atom stereocenters. The van der Waals surface area contributed by atoms with Gasteiger partial charge in [0.15, 0.2) is 0 Å². The molecule has 0 aliphatic carbocycles. The van der Waals surface area contributed by atoms with Crippen LogP contribution in [0.15, 0.2) is 24.3 Å². The van der Waals surface area contributed by atoms with Crippen molar-refractivity contribution in [3.05, 3.63) is 29.8 Å². The predicted octanol–water partition coefficient (Wildman–Crippen LogP) is 0.921. The van der Waals surface area contributed by atoms with Crippen molar-refractivity contribution in [1.29, 1.82) is 0 Å². The second-order valence-electron chi connectivity index (χ2n) is 7.85. The van der Waals surface area contributed by atoms with Gasteiger partial charge in [0.2, 0.25) is 0 Å². The Hall–Kier alpha value is -1.14. The molecule has 24 heavy (non-hydrogen) atoms. The molecule has 5 nitrogen and oxygen atoms in total. The fourth-order valence-corrected chi connectivity index (χ4v) is 4.68. The van der Waals surface area contributed by atoms with Crippen LogP contribution in [0.2, 0.25) is 0 Å². The van der Waals surface area contributed by atoms with Crippen LogP contribution in [0.1, 0.15) is 31.2 Å². The Bertz CT molecular complexity index is 578. The molecule has 0 aromatic heterocycles. The third-order valence-corrected chi connectivity index (χ3v) is 6.45. The van der Waals surface area contributed by atoms with Crippen LogP contribution in [0.4, 0.5) is 5.69 Å². The van der Waals surface area contributed by atoms with E-state index >= 15 is 0 Å². The smallest absolute Gasteiger partial charge is 0.0954 e. The van der Waals surface area contributed by atoms with E-state index in [1.807, 2.05) is 0 Å². The van der Waals surface area contributed by atoms with Crippen LogP contribution >= 0.6 is 0 Å². The molecule has 2 saturated heterocycles. The molecule has 3 aliphatic heterocycles. The van der Waals surface area contributed by atoms with E-state index in [4.69, 9.17) is 0 Å². The first-order valence-corrected chi connectivity index (χ1v) is 9.28. The number of aliphatic hydroxyl groups is 2. The summed E-state index contributed by atoms with van der Waals surface area (Å²) in [7, 11) is 0. The van der Waals surface area contributed by atoms with Crippen molar-refractivity contribution in [2.45, 2.75) is 42.8 Å². The molecular formula is C19H29N3O2. The Kier molecular flexibility index (Phi) is 4.29. The van der Waals surface area contributed by atoms with Gasteiger partial charge in [0.25, 0.3) is 0 Å². The SMILES string of the molecule is O[C@H](CN1CCC2(CC1)CNc1ccccc12)C1(O)CCNCC1. The van der Waals surface area contributed by atoms with Gasteiger partial charge < -0.3 is 25.7 Å². The van der Waals surface area contributed by atoms with Crippen LogP contribution < -0.4 is 10.6 Å². The highest BCUT2D eigenvalue weighted by Crippen LogP contribution is 2.43. The second-order valence-corrected chi connectivity index (χ2v) is 7.85.